The molecule has 1 aliphatic rings. The molecule has 4 nitrogen and oxygen atoms in total. The first kappa shape index (κ1) is 16.2. The van der Waals surface area contributed by atoms with Crippen molar-refractivity contribution in [2.75, 3.05) is 18.4 Å². The minimum absolute atomic E-state index is 0.0354. The molecule has 4 heteroatoms. The number of para-hydroxylation sites is 1. The first-order chi connectivity index (χ1) is 11.6. The van der Waals surface area contributed by atoms with Crippen LogP contribution in [0.3, 0.4) is 0 Å². The second kappa shape index (κ2) is 7.30. The lowest BCUT2D eigenvalue weighted by molar-refractivity contribution is -0.121. The lowest BCUT2D eigenvalue weighted by Crippen LogP contribution is -2.41. The molecule has 0 bridgehead atoms. The van der Waals surface area contributed by atoms with E-state index in [2.05, 4.69) is 5.32 Å². The number of benzene rings is 2. The molecular formula is C20H22N2O2. The van der Waals surface area contributed by atoms with Gasteiger partial charge in [0, 0.05) is 30.3 Å². The van der Waals surface area contributed by atoms with Gasteiger partial charge in [-0.3, -0.25) is 9.59 Å². The Morgan fingerprint density at radius 2 is 1.71 bits per heavy atom. The quantitative estimate of drug-likeness (QED) is 0.940. The molecule has 0 radical (unpaired) electrons. The molecule has 1 heterocycles. The number of aryl methyl sites for hydroxylation is 1. The fourth-order valence-corrected chi connectivity index (χ4v) is 3.07. The lowest BCUT2D eigenvalue weighted by atomic mass is 9.95. The third-order valence-corrected chi connectivity index (χ3v) is 4.46. The van der Waals surface area contributed by atoms with Gasteiger partial charge in [-0.15, -0.1) is 0 Å². The van der Waals surface area contributed by atoms with E-state index in [9.17, 15) is 9.59 Å². The largest absolute Gasteiger partial charge is 0.339 e. The van der Waals surface area contributed by atoms with E-state index in [-0.39, 0.29) is 17.7 Å². The van der Waals surface area contributed by atoms with Gasteiger partial charge in [0.15, 0.2) is 0 Å². The van der Waals surface area contributed by atoms with Crippen LogP contribution in [0.15, 0.2) is 54.6 Å². The van der Waals surface area contributed by atoms with Crippen molar-refractivity contribution in [1.82, 2.24) is 4.90 Å². The number of carbonyl (C=O) groups is 2. The maximum Gasteiger partial charge on any atom is 0.253 e. The highest BCUT2D eigenvalue weighted by Gasteiger charge is 2.27. The molecule has 3 rings (SSSR count). The van der Waals surface area contributed by atoms with E-state index in [4.69, 9.17) is 0 Å². The fraction of sp³-hybridized carbons (Fsp3) is 0.300. The van der Waals surface area contributed by atoms with E-state index in [1.54, 1.807) is 0 Å². The fourth-order valence-electron chi connectivity index (χ4n) is 3.07. The molecule has 1 fully saturated rings. The van der Waals surface area contributed by atoms with Crippen molar-refractivity contribution in [3.63, 3.8) is 0 Å². The van der Waals surface area contributed by atoms with Crippen LogP contribution in [0.5, 0.6) is 0 Å². The summed E-state index contributed by atoms with van der Waals surface area (Å²) in [5.41, 5.74) is 2.63. The number of nitrogens with one attached hydrogen (secondary N) is 1. The summed E-state index contributed by atoms with van der Waals surface area (Å²) in [6.07, 6.45) is 1.41. The molecule has 2 amide bonds. The molecule has 1 N–H and O–H groups in total. The summed E-state index contributed by atoms with van der Waals surface area (Å²) in [6, 6.07) is 17.1. The molecule has 24 heavy (non-hydrogen) atoms. The Kier molecular flexibility index (Phi) is 4.94. The number of anilines is 1. The molecular weight excluding hydrogens is 300 g/mol. The Balaban J connectivity index is 1.55. The van der Waals surface area contributed by atoms with E-state index in [0.717, 1.165) is 16.8 Å². The summed E-state index contributed by atoms with van der Waals surface area (Å²) >= 11 is 0. The normalized spacial score (nSPS) is 15.1. The summed E-state index contributed by atoms with van der Waals surface area (Å²) in [6.45, 7) is 3.23. The summed E-state index contributed by atoms with van der Waals surface area (Å²) in [5, 5.41) is 2.95. The van der Waals surface area contributed by atoms with Gasteiger partial charge in [-0.05, 0) is 44.0 Å². The predicted molar refractivity (Wildman–Crippen MR) is 94.9 cm³/mol. The summed E-state index contributed by atoms with van der Waals surface area (Å²) in [4.78, 5) is 26.7. The van der Waals surface area contributed by atoms with E-state index in [1.807, 2.05) is 66.4 Å². The maximum absolute atomic E-state index is 12.5. The Labute approximate surface area is 142 Å². The van der Waals surface area contributed by atoms with Crippen LogP contribution in [0, 0.1) is 12.8 Å². The average molecular weight is 322 g/mol. The van der Waals surface area contributed by atoms with Crippen LogP contribution in [0.1, 0.15) is 28.8 Å². The van der Waals surface area contributed by atoms with Gasteiger partial charge in [0.1, 0.15) is 0 Å². The van der Waals surface area contributed by atoms with Crippen molar-refractivity contribution in [1.29, 1.82) is 0 Å². The zero-order chi connectivity index (χ0) is 16.9. The van der Waals surface area contributed by atoms with Gasteiger partial charge in [0.05, 0.1) is 0 Å². The first-order valence-corrected chi connectivity index (χ1v) is 8.35. The minimum Gasteiger partial charge on any atom is -0.339 e. The molecule has 1 saturated heterocycles. The van der Waals surface area contributed by atoms with Gasteiger partial charge in [-0.1, -0.05) is 35.9 Å². The Bertz CT molecular complexity index is 719. The van der Waals surface area contributed by atoms with Crippen molar-refractivity contribution >= 4 is 17.5 Å². The zero-order valence-corrected chi connectivity index (χ0v) is 13.9. The number of likely N-dealkylation sites (tertiary alicyclic amines) is 1. The highest BCUT2D eigenvalue weighted by atomic mass is 16.2. The molecule has 2 aromatic rings. The molecule has 124 valence electrons. The molecule has 0 spiro atoms. The zero-order valence-electron chi connectivity index (χ0n) is 13.9. The van der Waals surface area contributed by atoms with E-state index >= 15 is 0 Å². The molecule has 0 aromatic heterocycles. The first-order valence-electron chi connectivity index (χ1n) is 8.35. The predicted octanol–water partition coefficient (Wildman–Crippen LogP) is 3.49. The van der Waals surface area contributed by atoms with Gasteiger partial charge < -0.3 is 10.2 Å². The SMILES string of the molecule is Cc1cccc(C(=O)N2CCC(C(=O)Nc3ccccc3)CC2)c1. The Morgan fingerprint density at radius 1 is 1.00 bits per heavy atom. The number of hydrogen-bond donors (Lipinski definition) is 1. The molecule has 0 saturated carbocycles. The van der Waals surface area contributed by atoms with E-state index in [0.29, 0.717) is 25.9 Å². The van der Waals surface area contributed by atoms with E-state index < -0.39 is 0 Å². The van der Waals surface area contributed by atoms with Crippen LogP contribution in [0.2, 0.25) is 0 Å². The van der Waals surface area contributed by atoms with Gasteiger partial charge >= 0.3 is 0 Å². The second-order valence-electron chi connectivity index (χ2n) is 6.29. The van der Waals surface area contributed by atoms with Crippen molar-refractivity contribution < 1.29 is 9.59 Å². The topological polar surface area (TPSA) is 49.4 Å². The highest BCUT2D eigenvalue weighted by Crippen LogP contribution is 2.21. The molecule has 2 aromatic carbocycles. The number of rotatable bonds is 3. The van der Waals surface area contributed by atoms with Crippen molar-refractivity contribution in [2.24, 2.45) is 5.92 Å². The Morgan fingerprint density at radius 3 is 2.38 bits per heavy atom. The number of amides is 2. The van der Waals surface area contributed by atoms with Gasteiger partial charge in [-0.2, -0.15) is 0 Å². The maximum atomic E-state index is 12.5. The summed E-state index contributed by atoms with van der Waals surface area (Å²) in [7, 11) is 0. The Hall–Kier alpha value is -2.62. The molecule has 0 atom stereocenters. The van der Waals surface area contributed by atoms with Crippen molar-refractivity contribution in [3.05, 3.63) is 65.7 Å². The third-order valence-electron chi connectivity index (χ3n) is 4.46. The second-order valence-corrected chi connectivity index (χ2v) is 6.29. The molecule has 1 aliphatic heterocycles. The van der Waals surface area contributed by atoms with Gasteiger partial charge in [-0.25, -0.2) is 0 Å². The number of hydrogen-bond acceptors (Lipinski definition) is 2. The van der Waals surface area contributed by atoms with Crippen LogP contribution >= 0.6 is 0 Å². The molecule has 0 unspecified atom stereocenters. The lowest BCUT2D eigenvalue weighted by Gasteiger charge is -2.31. The molecule has 0 aliphatic carbocycles. The monoisotopic (exact) mass is 322 g/mol. The highest BCUT2D eigenvalue weighted by molar-refractivity contribution is 5.95. The number of nitrogens with zero attached hydrogens (tertiary/aromatic N) is 1. The van der Waals surface area contributed by atoms with E-state index in [1.165, 1.54) is 0 Å². The smallest absolute Gasteiger partial charge is 0.253 e. The van der Waals surface area contributed by atoms with Gasteiger partial charge in [0.25, 0.3) is 5.91 Å². The van der Waals surface area contributed by atoms with Crippen molar-refractivity contribution in [3.8, 4) is 0 Å². The van der Waals surface area contributed by atoms with Gasteiger partial charge in [0.2, 0.25) is 5.91 Å². The summed E-state index contributed by atoms with van der Waals surface area (Å²) in [5.74, 6) is 0.0660. The van der Waals surface area contributed by atoms with Crippen LogP contribution in [0.25, 0.3) is 0 Å². The van der Waals surface area contributed by atoms with Crippen LogP contribution < -0.4 is 5.32 Å². The third kappa shape index (κ3) is 3.82. The van der Waals surface area contributed by atoms with Crippen LogP contribution in [0.4, 0.5) is 5.69 Å². The standard InChI is InChI=1S/C20H22N2O2/c1-15-6-5-7-17(14-15)20(24)22-12-10-16(11-13-22)19(23)21-18-8-3-2-4-9-18/h2-9,14,16H,10-13H2,1H3,(H,21,23). The average Bonchev–Trinajstić information content (AvgIpc) is 2.62. The summed E-state index contributed by atoms with van der Waals surface area (Å²) < 4.78 is 0. The van der Waals surface area contributed by atoms with Crippen LogP contribution in [-0.4, -0.2) is 29.8 Å². The number of piperidine rings is 1. The number of carbonyl (C=O) groups excluding carboxylic acids is 2. The van der Waals surface area contributed by atoms with Crippen LogP contribution in [-0.2, 0) is 4.79 Å². The van der Waals surface area contributed by atoms with Crippen molar-refractivity contribution in [2.45, 2.75) is 19.8 Å². The minimum atomic E-state index is -0.0354.